The van der Waals surface area contributed by atoms with Crippen molar-refractivity contribution in [3.8, 4) is 78.7 Å². The summed E-state index contributed by atoms with van der Waals surface area (Å²) in [6.45, 7) is 0. The van der Waals surface area contributed by atoms with Crippen LogP contribution in [0.2, 0.25) is 0 Å². The normalized spacial score (nSPS) is 11.3. The van der Waals surface area contributed by atoms with E-state index in [-0.39, 0.29) is 0 Å². The lowest BCUT2D eigenvalue weighted by Crippen LogP contribution is -2.00. The van der Waals surface area contributed by atoms with Crippen LogP contribution in [0, 0.1) is 0 Å². The number of fused-ring (bicyclic) bond motifs is 3. The summed E-state index contributed by atoms with van der Waals surface area (Å²) >= 11 is 0. The van der Waals surface area contributed by atoms with Crippen LogP contribution in [0.4, 0.5) is 0 Å². The predicted octanol–water partition coefficient (Wildman–Crippen LogP) is 15.0. The van der Waals surface area contributed by atoms with E-state index in [0.29, 0.717) is 17.5 Å². The van der Waals surface area contributed by atoms with E-state index >= 15 is 0 Å². The molecule has 0 unspecified atom stereocenters. The van der Waals surface area contributed by atoms with Crippen LogP contribution in [0.25, 0.3) is 111 Å². The van der Waals surface area contributed by atoms with Crippen molar-refractivity contribution in [3.63, 3.8) is 0 Å². The predicted molar refractivity (Wildman–Crippen MR) is 250 cm³/mol. The first kappa shape index (κ1) is 35.2. The summed E-state index contributed by atoms with van der Waals surface area (Å²) < 4.78 is 0. The smallest absolute Gasteiger partial charge is 0.164 e. The van der Waals surface area contributed by atoms with E-state index in [4.69, 9.17) is 15.0 Å². The van der Waals surface area contributed by atoms with Gasteiger partial charge in [-0.3, -0.25) is 0 Å². The molecule has 0 saturated carbocycles. The van der Waals surface area contributed by atoms with Crippen LogP contribution in [0.3, 0.4) is 0 Å². The molecule has 3 nitrogen and oxygen atoms in total. The SMILES string of the molecule is c1ccc(-c2ccc3cc(-c4nc(-c5ccc(-c6ccc(-c7cccc8ccccc78)cc6)cc5)nc(-c5cccc(-c6cccc7ccccc67)c5)n4)ccc3c2)cc1. The van der Waals surface area contributed by atoms with Crippen molar-refractivity contribution in [2.45, 2.75) is 0 Å². The van der Waals surface area contributed by atoms with Gasteiger partial charge in [0.15, 0.2) is 17.5 Å². The molecule has 0 bridgehead atoms. The highest BCUT2D eigenvalue weighted by molar-refractivity contribution is 5.98. The lowest BCUT2D eigenvalue weighted by Gasteiger charge is -2.12. The Balaban J connectivity index is 0.976. The second-order valence-corrected chi connectivity index (χ2v) is 15.2. The van der Waals surface area contributed by atoms with Crippen LogP contribution < -0.4 is 0 Å². The maximum Gasteiger partial charge on any atom is 0.164 e. The maximum absolute atomic E-state index is 5.16. The largest absolute Gasteiger partial charge is 0.208 e. The Morgan fingerprint density at radius 3 is 1.22 bits per heavy atom. The zero-order valence-electron chi connectivity index (χ0n) is 32.7. The van der Waals surface area contributed by atoms with Gasteiger partial charge in [-0.15, -0.1) is 0 Å². The van der Waals surface area contributed by atoms with Gasteiger partial charge >= 0.3 is 0 Å². The Kier molecular flexibility index (Phi) is 8.83. The van der Waals surface area contributed by atoms with Crippen molar-refractivity contribution in [3.05, 3.63) is 224 Å². The third-order valence-electron chi connectivity index (χ3n) is 11.5. The molecule has 0 atom stereocenters. The zero-order valence-corrected chi connectivity index (χ0v) is 32.7. The summed E-state index contributed by atoms with van der Waals surface area (Å²) in [7, 11) is 0. The summed E-state index contributed by atoms with van der Waals surface area (Å²) in [4.78, 5) is 15.5. The van der Waals surface area contributed by atoms with Crippen LogP contribution in [-0.4, -0.2) is 15.0 Å². The number of nitrogens with zero attached hydrogens (tertiary/aromatic N) is 3. The van der Waals surface area contributed by atoms with E-state index < -0.39 is 0 Å². The number of aromatic nitrogens is 3. The fourth-order valence-electron chi connectivity index (χ4n) is 8.39. The molecule has 0 aliphatic heterocycles. The summed E-state index contributed by atoms with van der Waals surface area (Å²) in [6.07, 6.45) is 0. The van der Waals surface area contributed by atoms with Crippen molar-refractivity contribution in [2.24, 2.45) is 0 Å². The third-order valence-corrected chi connectivity index (χ3v) is 11.5. The number of rotatable bonds is 7. The molecule has 0 spiro atoms. The highest BCUT2D eigenvalue weighted by Crippen LogP contribution is 2.35. The van der Waals surface area contributed by atoms with Crippen LogP contribution in [0.15, 0.2) is 224 Å². The molecule has 60 heavy (non-hydrogen) atoms. The second-order valence-electron chi connectivity index (χ2n) is 15.2. The first-order valence-electron chi connectivity index (χ1n) is 20.3. The number of benzene rings is 10. The molecule has 10 aromatic carbocycles. The quantitative estimate of drug-likeness (QED) is 0.162. The Morgan fingerprint density at radius 2 is 0.583 bits per heavy atom. The van der Waals surface area contributed by atoms with Gasteiger partial charge in [0.05, 0.1) is 0 Å². The third kappa shape index (κ3) is 6.68. The minimum Gasteiger partial charge on any atom is -0.208 e. The molecule has 3 heteroatoms. The van der Waals surface area contributed by atoms with Gasteiger partial charge in [-0.25, -0.2) is 15.0 Å². The monoisotopic (exact) mass is 763 g/mol. The molecule has 0 saturated heterocycles. The van der Waals surface area contributed by atoms with E-state index in [0.717, 1.165) is 44.2 Å². The highest BCUT2D eigenvalue weighted by atomic mass is 15.0. The molecule has 0 radical (unpaired) electrons. The van der Waals surface area contributed by atoms with Gasteiger partial charge in [-0.05, 0) is 95.0 Å². The van der Waals surface area contributed by atoms with Crippen molar-refractivity contribution >= 4 is 32.3 Å². The molecule has 0 fully saturated rings. The van der Waals surface area contributed by atoms with E-state index in [1.54, 1.807) is 0 Å². The standard InChI is InChI=1S/C57H37N3/c1-2-11-38(12-3-1)45-31-32-47-36-50(34-33-46(47)35-45)57-59-55(58-56(60-57)49-18-8-17-48(37-49)54-22-10-16-42-14-5-7-20-52(42)54)44-29-25-40(26-30-44)39-23-27-43(28-24-39)53-21-9-15-41-13-4-6-19-51(41)53/h1-37H. The van der Waals surface area contributed by atoms with Gasteiger partial charge in [0.25, 0.3) is 0 Å². The van der Waals surface area contributed by atoms with Crippen LogP contribution in [0.1, 0.15) is 0 Å². The summed E-state index contributed by atoms with van der Waals surface area (Å²) in [5.41, 5.74) is 12.2. The first-order chi connectivity index (χ1) is 29.7. The lowest BCUT2D eigenvalue weighted by molar-refractivity contribution is 1.07. The van der Waals surface area contributed by atoms with Gasteiger partial charge in [-0.1, -0.05) is 206 Å². The molecule has 0 aliphatic rings. The van der Waals surface area contributed by atoms with Crippen molar-refractivity contribution < 1.29 is 0 Å². The maximum atomic E-state index is 5.16. The minimum atomic E-state index is 0.628. The highest BCUT2D eigenvalue weighted by Gasteiger charge is 2.15. The summed E-state index contributed by atoms with van der Waals surface area (Å²) in [5.74, 6) is 1.89. The molecule has 11 rings (SSSR count). The summed E-state index contributed by atoms with van der Waals surface area (Å²) in [5, 5.41) is 7.22. The Hall–Kier alpha value is -8.01. The molecular weight excluding hydrogens is 727 g/mol. The second kappa shape index (κ2) is 15.1. The van der Waals surface area contributed by atoms with Gasteiger partial charge in [0, 0.05) is 16.7 Å². The molecule has 1 aromatic heterocycles. The number of hydrogen-bond donors (Lipinski definition) is 0. The van der Waals surface area contributed by atoms with E-state index in [1.165, 1.54) is 49.4 Å². The Morgan fingerprint density at radius 1 is 0.200 bits per heavy atom. The van der Waals surface area contributed by atoms with E-state index in [2.05, 4.69) is 218 Å². The fraction of sp³-hybridized carbons (Fsp3) is 0. The van der Waals surface area contributed by atoms with Crippen LogP contribution in [-0.2, 0) is 0 Å². The van der Waals surface area contributed by atoms with Crippen molar-refractivity contribution in [1.82, 2.24) is 15.0 Å². The van der Waals surface area contributed by atoms with E-state index in [9.17, 15) is 0 Å². The van der Waals surface area contributed by atoms with E-state index in [1.807, 2.05) is 6.07 Å². The van der Waals surface area contributed by atoms with Gasteiger partial charge in [0.1, 0.15) is 0 Å². The molecule has 1 heterocycles. The van der Waals surface area contributed by atoms with Crippen LogP contribution >= 0.6 is 0 Å². The number of hydrogen-bond acceptors (Lipinski definition) is 3. The van der Waals surface area contributed by atoms with Crippen molar-refractivity contribution in [2.75, 3.05) is 0 Å². The Labute approximate surface area is 349 Å². The molecule has 0 aliphatic carbocycles. The molecule has 280 valence electrons. The lowest BCUT2D eigenvalue weighted by atomic mass is 9.96. The molecule has 0 amide bonds. The van der Waals surface area contributed by atoms with Gasteiger partial charge < -0.3 is 0 Å². The zero-order chi connectivity index (χ0) is 39.8. The van der Waals surface area contributed by atoms with Crippen molar-refractivity contribution in [1.29, 1.82) is 0 Å². The average molecular weight is 764 g/mol. The minimum absolute atomic E-state index is 0.628. The first-order valence-corrected chi connectivity index (χ1v) is 20.3. The van der Waals surface area contributed by atoms with Crippen LogP contribution in [0.5, 0.6) is 0 Å². The Bertz CT molecular complexity index is 3340. The molecular formula is C57H37N3. The van der Waals surface area contributed by atoms with Gasteiger partial charge in [-0.2, -0.15) is 0 Å². The summed E-state index contributed by atoms with van der Waals surface area (Å²) in [6, 6.07) is 79.6. The fourth-order valence-corrected chi connectivity index (χ4v) is 8.39. The average Bonchev–Trinajstić information content (AvgIpc) is 3.33. The topological polar surface area (TPSA) is 38.7 Å². The molecule has 0 N–H and O–H groups in total. The van der Waals surface area contributed by atoms with Gasteiger partial charge in [0.2, 0.25) is 0 Å². The molecule has 11 aromatic rings.